The number of anilines is 3. The van der Waals surface area contributed by atoms with Crippen LogP contribution in [0, 0.1) is 13.8 Å². The first-order valence-corrected chi connectivity index (χ1v) is 8.64. The number of nitrogens with zero attached hydrogens (tertiary/aromatic N) is 2. The summed E-state index contributed by atoms with van der Waals surface area (Å²) in [5, 5.41) is 6.89. The maximum Gasteiger partial charge on any atom is 0.229 e. The third kappa shape index (κ3) is 4.68. The Morgan fingerprint density at radius 1 is 0.957 bits per heavy atom. The lowest BCUT2D eigenvalue weighted by Crippen LogP contribution is -2.19. The van der Waals surface area contributed by atoms with Crippen molar-refractivity contribution in [3.8, 4) is 0 Å². The molecule has 0 bridgehead atoms. The van der Waals surface area contributed by atoms with Crippen LogP contribution in [0.2, 0.25) is 0 Å². The van der Waals surface area contributed by atoms with E-state index in [9.17, 15) is 0 Å². The molecule has 1 aromatic carbocycles. The molecule has 4 nitrogen and oxygen atoms in total. The molecule has 2 N–H and O–H groups in total. The van der Waals surface area contributed by atoms with Crippen LogP contribution in [-0.4, -0.2) is 16.0 Å². The molecular formula is C19H26N4. The Bertz CT molecular complexity index is 625. The van der Waals surface area contributed by atoms with E-state index >= 15 is 0 Å². The fourth-order valence-electron chi connectivity index (χ4n) is 3.31. The molecule has 3 rings (SSSR count). The highest BCUT2D eigenvalue weighted by molar-refractivity contribution is 5.57. The van der Waals surface area contributed by atoms with Crippen molar-refractivity contribution in [2.24, 2.45) is 0 Å². The molecule has 4 heteroatoms. The van der Waals surface area contributed by atoms with Crippen LogP contribution in [0.4, 0.5) is 17.5 Å². The normalized spacial score (nSPS) is 15.9. The number of rotatable bonds is 4. The maximum absolute atomic E-state index is 4.62. The summed E-state index contributed by atoms with van der Waals surface area (Å²) < 4.78 is 0. The second kappa shape index (κ2) is 7.44. The Morgan fingerprint density at radius 3 is 2.35 bits per heavy atom. The molecule has 1 aliphatic rings. The van der Waals surface area contributed by atoms with Crippen LogP contribution in [0.25, 0.3) is 0 Å². The highest BCUT2D eigenvalue weighted by Crippen LogP contribution is 2.22. The minimum absolute atomic E-state index is 0.543. The molecule has 2 aromatic rings. The van der Waals surface area contributed by atoms with E-state index in [0.717, 1.165) is 11.5 Å². The lowest BCUT2D eigenvalue weighted by Gasteiger charge is -2.17. The van der Waals surface area contributed by atoms with Crippen molar-refractivity contribution in [1.29, 1.82) is 0 Å². The van der Waals surface area contributed by atoms with Crippen LogP contribution < -0.4 is 10.6 Å². The van der Waals surface area contributed by atoms with Crippen molar-refractivity contribution < 1.29 is 0 Å². The van der Waals surface area contributed by atoms with Crippen molar-refractivity contribution in [2.75, 3.05) is 10.6 Å². The molecule has 1 saturated carbocycles. The summed E-state index contributed by atoms with van der Waals surface area (Å²) in [6.07, 6.45) is 9.65. The van der Waals surface area contributed by atoms with Gasteiger partial charge in [-0.25, -0.2) is 4.98 Å². The summed E-state index contributed by atoms with van der Waals surface area (Å²) in [6.45, 7) is 4.20. The first-order valence-electron chi connectivity index (χ1n) is 8.64. The van der Waals surface area contributed by atoms with E-state index < -0.39 is 0 Å². The first-order chi connectivity index (χ1) is 11.2. The zero-order valence-corrected chi connectivity index (χ0v) is 14.1. The van der Waals surface area contributed by atoms with Crippen LogP contribution in [0.5, 0.6) is 0 Å². The van der Waals surface area contributed by atoms with Crippen molar-refractivity contribution in [1.82, 2.24) is 9.97 Å². The third-order valence-electron chi connectivity index (χ3n) is 4.34. The number of aryl methyl sites for hydroxylation is 2. The average Bonchev–Trinajstić information content (AvgIpc) is 2.75. The second-order valence-corrected chi connectivity index (χ2v) is 6.60. The zero-order valence-electron chi connectivity index (χ0n) is 14.1. The van der Waals surface area contributed by atoms with Crippen molar-refractivity contribution in [2.45, 2.75) is 58.4 Å². The lowest BCUT2D eigenvalue weighted by atomic mass is 10.1. The minimum atomic E-state index is 0.543. The molecule has 122 valence electrons. The number of hydrogen-bond acceptors (Lipinski definition) is 4. The fourth-order valence-corrected chi connectivity index (χ4v) is 3.31. The standard InChI is InChI=1S/C19H26N4/c1-14-11-15(2)13-17(12-14)22-19-20-10-9-18(23-19)21-16-7-5-3-4-6-8-16/h9-13,16H,3-8H2,1-2H3,(H2,20,21,22,23). The van der Waals surface area contributed by atoms with Crippen molar-refractivity contribution in [3.05, 3.63) is 41.6 Å². The zero-order chi connectivity index (χ0) is 16.1. The Hall–Kier alpha value is -2.10. The van der Waals surface area contributed by atoms with Gasteiger partial charge in [-0.3, -0.25) is 0 Å². The Balaban J connectivity index is 1.69. The van der Waals surface area contributed by atoms with E-state index in [1.807, 2.05) is 12.3 Å². The van der Waals surface area contributed by atoms with Gasteiger partial charge in [-0.15, -0.1) is 0 Å². The van der Waals surface area contributed by atoms with Gasteiger partial charge >= 0.3 is 0 Å². The molecule has 0 aliphatic heterocycles. The third-order valence-corrected chi connectivity index (χ3v) is 4.34. The second-order valence-electron chi connectivity index (χ2n) is 6.60. The van der Waals surface area contributed by atoms with E-state index in [1.54, 1.807) is 0 Å². The molecule has 0 amide bonds. The van der Waals surface area contributed by atoms with Gasteiger partial charge in [0.15, 0.2) is 0 Å². The highest BCUT2D eigenvalue weighted by Gasteiger charge is 2.12. The largest absolute Gasteiger partial charge is 0.367 e. The SMILES string of the molecule is Cc1cc(C)cc(Nc2nccc(NC3CCCCCC3)n2)c1. The van der Waals surface area contributed by atoms with Crippen molar-refractivity contribution >= 4 is 17.5 Å². The van der Waals surface area contributed by atoms with Crippen LogP contribution in [-0.2, 0) is 0 Å². The van der Waals surface area contributed by atoms with Gasteiger partial charge in [-0.2, -0.15) is 4.98 Å². The molecule has 1 heterocycles. The van der Waals surface area contributed by atoms with E-state index in [-0.39, 0.29) is 0 Å². The Labute approximate surface area is 138 Å². The van der Waals surface area contributed by atoms with Gasteiger partial charge < -0.3 is 10.6 Å². The summed E-state index contributed by atoms with van der Waals surface area (Å²) in [6, 6.07) is 8.89. The monoisotopic (exact) mass is 310 g/mol. The smallest absolute Gasteiger partial charge is 0.229 e. The van der Waals surface area contributed by atoms with Gasteiger partial charge in [0, 0.05) is 17.9 Å². The molecule has 23 heavy (non-hydrogen) atoms. The number of benzene rings is 1. The fraction of sp³-hybridized carbons (Fsp3) is 0.474. The maximum atomic E-state index is 4.62. The van der Waals surface area contributed by atoms with Crippen LogP contribution in [0.15, 0.2) is 30.5 Å². The molecular weight excluding hydrogens is 284 g/mol. The highest BCUT2D eigenvalue weighted by atomic mass is 15.1. The molecule has 0 radical (unpaired) electrons. The number of nitrogens with one attached hydrogen (secondary N) is 2. The van der Waals surface area contributed by atoms with E-state index in [0.29, 0.717) is 12.0 Å². The van der Waals surface area contributed by atoms with Gasteiger partial charge in [0.05, 0.1) is 0 Å². The van der Waals surface area contributed by atoms with Crippen LogP contribution >= 0.6 is 0 Å². The predicted octanol–water partition coefficient (Wildman–Crippen LogP) is 4.97. The van der Waals surface area contributed by atoms with Crippen LogP contribution in [0.1, 0.15) is 49.7 Å². The summed E-state index contributed by atoms with van der Waals surface area (Å²) in [4.78, 5) is 8.96. The summed E-state index contributed by atoms with van der Waals surface area (Å²) >= 11 is 0. The van der Waals surface area contributed by atoms with Gasteiger partial charge in [-0.05, 0) is 56.0 Å². The molecule has 0 atom stereocenters. The molecule has 1 aliphatic carbocycles. The van der Waals surface area contributed by atoms with E-state index in [1.165, 1.54) is 49.7 Å². The first kappa shape index (κ1) is 15.8. The van der Waals surface area contributed by atoms with Gasteiger partial charge in [-0.1, -0.05) is 31.7 Å². The number of hydrogen-bond donors (Lipinski definition) is 2. The van der Waals surface area contributed by atoms with Crippen molar-refractivity contribution in [3.63, 3.8) is 0 Å². The molecule has 1 aromatic heterocycles. The van der Waals surface area contributed by atoms with Gasteiger partial charge in [0.1, 0.15) is 5.82 Å². The predicted molar refractivity (Wildman–Crippen MR) is 96.3 cm³/mol. The number of aromatic nitrogens is 2. The Kier molecular flexibility index (Phi) is 5.11. The van der Waals surface area contributed by atoms with Gasteiger partial charge in [0.25, 0.3) is 0 Å². The quantitative estimate of drug-likeness (QED) is 0.783. The Morgan fingerprint density at radius 2 is 1.65 bits per heavy atom. The lowest BCUT2D eigenvalue weighted by molar-refractivity contribution is 0.617. The molecule has 0 saturated heterocycles. The minimum Gasteiger partial charge on any atom is -0.367 e. The van der Waals surface area contributed by atoms with E-state index in [2.05, 4.69) is 52.6 Å². The molecule has 1 fully saturated rings. The topological polar surface area (TPSA) is 49.8 Å². The van der Waals surface area contributed by atoms with Gasteiger partial charge in [0.2, 0.25) is 5.95 Å². The van der Waals surface area contributed by atoms with Crippen LogP contribution in [0.3, 0.4) is 0 Å². The average molecular weight is 310 g/mol. The summed E-state index contributed by atoms with van der Waals surface area (Å²) in [5.74, 6) is 1.56. The summed E-state index contributed by atoms with van der Waals surface area (Å²) in [7, 11) is 0. The molecule has 0 unspecified atom stereocenters. The molecule has 0 spiro atoms. The van der Waals surface area contributed by atoms with E-state index in [4.69, 9.17) is 0 Å². The summed E-state index contributed by atoms with van der Waals surface area (Å²) in [5.41, 5.74) is 3.51.